The Bertz CT molecular complexity index is 488. The lowest BCUT2D eigenvalue weighted by molar-refractivity contribution is -0.178. The van der Waals surface area contributed by atoms with Gasteiger partial charge in [0.15, 0.2) is 11.5 Å². The second-order valence-electron chi connectivity index (χ2n) is 4.03. The minimum atomic E-state index is -4.36. The topological polar surface area (TPSA) is 46.3 Å². The summed E-state index contributed by atoms with van der Waals surface area (Å²) in [5.74, 6) is -1.58. The molecule has 3 nitrogen and oxygen atoms in total. The zero-order chi connectivity index (χ0) is 13.2. The Morgan fingerprint density at radius 1 is 1.28 bits per heavy atom. The lowest BCUT2D eigenvalue weighted by Crippen LogP contribution is -2.26. The van der Waals surface area contributed by atoms with Gasteiger partial charge < -0.3 is 9.52 Å². The predicted octanol–water partition coefficient (Wildman–Crippen LogP) is 2.93. The van der Waals surface area contributed by atoms with E-state index in [1.807, 2.05) is 0 Å². The number of hydrogen-bond acceptors (Lipinski definition) is 3. The number of benzene rings is 1. The molecular formula is C12H12F3NO2. The summed E-state index contributed by atoms with van der Waals surface area (Å²) in [4.78, 5) is 4.00. The molecule has 1 atom stereocenters. The Morgan fingerprint density at radius 3 is 2.61 bits per heavy atom. The lowest BCUT2D eigenvalue weighted by Gasteiger charge is -2.17. The zero-order valence-electron chi connectivity index (χ0n) is 9.44. The molecule has 0 fully saturated rings. The van der Waals surface area contributed by atoms with Crippen LogP contribution in [0, 0.1) is 5.92 Å². The number of aliphatic hydroxyl groups excluding tert-OH is 1. The number of para-hydroxylation sites is 2. The highest BCUT2D eigenvalue weighted by Gasteiger charge is 2.39. The van der Waals surface area contributed by atoms with Crippen LogP contribution in [0.1, 0.15) is 12.3 Å². The van der Waals surface area contributed by atoms with Crippen LogP contribution >= 0.6 is 0 Å². The average molecular weight is 259 g/mol. The van der Waals surface area contributed by atoms with Crippen LogP contribution in [0.15, 0.2) is 28.7 Å². The third-order valence-electron chi connectivity index (χ3n) is 2.70. The molecule has 0 aliphatic carbocycles. The largest absolute Gasteiger partial charge is 0.441 e. The van der Waals surface area contributed by atoms with Crippen molar-refractivity contribution in [1.82, 2.24) is 4.98 Å². The summed E-state index contributed by atoms with van der Waals surface area (Å²) in [7, 11) is 0. The molecule has 0 aliphatic rings. The molecule has 0 amide bonds. The summed E-state index contributed by atoms with van der Waals surface area (Å²) in [6.07, 6.45) is -5.05. The van der Waals surface area contributed by atoms with Crippen LogP contribution < -0.4 is 0 Å². The SMILES string of the molecule is OCC[C@H](Cc1nc2ccccc2o1)C(F)(F)F. The van der Waals surface area contributed by atoms with Gasteiger partial charge in [-0.2, -0.15) is 13.2 Å². The molecule has 2 aromatic rings. The van der Waals surface area contributed by atoms with Gasteiger partial charge in [-0.25, -0.2) is 4.98 Å². The molecule has 0 spiro atoms. The van der Waals surface area contributed by atoms with E-state index in [-0.39, 0.29) is 18.7 Å². The molecule has 1 N–H and O–H groups in total. The molecule has 2 rings (SSSR count). The first kappa shape index (κ1) is 12.9. The van der Waals surface area contributed by atoms with Gasteiger partial charge in [0.05, 0.1) is 5.92 Å². The molecule has 1 aromatic heterocycles. The summed E-state index contributed by atoms with van der Waals surface area (Å²) in [6.45, 7) is -0.510. The summed E-state index contributed by atoms with van der Waals surface area (Å²) in [5, 5.41) is 8.67. The van der Waals surface area contributed by atoms with Crippen LogP contribution in [0.5, 0.6) is 0 Å². The molecule has 0 radical (unpaired) electrons. The number of aliphatic hydroxyl groups is 1. The maximum atomic E-state index is 12.7. The van der Waals surface area contributed by atoms with Crippen molar-refractivity contribution in [2.75, 3.05) is 6.61 Å². The second-order valence-corrected chi connectivity index (χ2v) is 4.03. The number of nitrogens with zero attached hydrogens (tertiary/aromatic N) is 1. The standard InChI is InChI=1S/C12H12F3NO2/c13-12(14,15)8(5-6-17)7-11-16-9-3-1-2-4-10(9)18-11/h1-4,8,17H,5-7H2/t8-/m1/s1. The number of hydrogen-bond donors (Lipinski definition) is 1. The Hall–Kier alpha value is -1.56. The van der Waals surface area contributed by atoms with E-state index in [1.54, 1.807) is 24.3 Å². The van der Waals surface area contributed by atoms with Crippen molar-refractivity contribution in [1.29, 1.82) is 0 Å². The van der Waals surface area contributed by atoms with Crippen LogP contribution in [0.4, 0.5) is 13.2 Å². The van der Waals surface area contributed by atoms with Crippen molar-refractivity contribution in [3.05, 3.63) is 30.2 Å². The molecule has 18 heavy (non-hydrogen) atoms. The van der Waals surface area contributed by atoms with Gasteiger partial charge in [-0.3, -0.25) is 0 Å². The Labute approximate surface area is 101 Å². The van der Waals surface area contributed by atoms with Crippen LogP contribution in [0.2, 0.25) is 0 Å². The molecule has 0 bridgehead atoms. The van der Waals surface area contributed by atoms with Gasteiger partial charge in [-0.15, -0.1) is 0 Å². The van der Waals surface area contributed by atoms with Gasteiger partial charge in [0.2, 0.25) is 0 Å². The molecule has 6 heteroatoms. The van der Waals surface area contributed by atoms with Crippen LogP contribution in [-0.4, -0.2) is 22.9 Å². The van der Waals surface area contributed by atoms with E-state index in [2.05, 4.69) is 4.98 Å². The van der Waals surface area contributed by atoms with Crippen molar-refractivity contribution in [2.45, 2.75) is 19.0 Å². The summed E-state index contributed by atoms with van der Waals surface area (Å²) in [5.41, 5.74) is 1.01. The van der Waals surface area contributed by atoms with Crippen molar-refractivity contribution < 1.29 is 22.7 Å². The third-order valence-corrected chi connectivity index (χ3v) is 2.70. The maximum absolute atomic E-state index is 12.7. The predicted molar refractivity (Wildman–Crippen MR) is 59.0 cm³/mol. The van der Waals surface area contributed by atoms with E-state index < -0.39 is 18.7 Å². The molecule has 0 saturated heterocycles. The van der Waals surface area contributed by atoms with Gasteiger partial charge >= 0.3 is 6.18 Å². The smallest absolute Gasteiger partial charge is 0.392 e. The van der Waals surface area contributed by atoms with E-state index in [0.717, 1.165) is 0 Å². The quantitative estimate of drug-likeness (QED) is 0.918. The number of halogens is 3. The summed E-state index contributed by atoms with van der Waals surface area (Å²) < 4.78 is 43.3. The summed E-state index contributed by atoms with van der Waals surface area (Å²) >= 11 is 0. The first-order valence-electron chi connectivity index (χ1n) is 5.52. The van der Waals surface area contributed by atoms with E-state index in [9.17, 15) is 13.2 Å². The minimum absolute atomic E-state index is 0.0481. The third kappa shape index (κ3) is 2.81. The van der Waals surface area contributed by atoms with Gasteiger partial charge in [-0.1, -0.05) is 12.1 Å². The second kappa shape index (κ2) is 4.97. The zero-order valence-corrected chi connectivity index (χ0v) is 9.44. The monoisotopic (exact) mass is 259 g/mol. The summed E-state index contributed by atoms with van der Waals surface area (Å²) in [6, 6.07) is 6.80. The molecule has 0 aliphatic heterocycles. The van der Waals surface area contributed by atoms with E-state index in [1.165, 1.54) is 0 Å². The number of oxazole rings is 1. The molecule has 0 unspecified atom stereocenters. The van der Waals surface area contributed by atoms with Crippen molar-refractivity contribution in [3.63, 3.8) is 0 Å². The Kier molecular flexibility index (Phi) is 3.56. The Morgan fingerprint density at radius 2 is 2.00 bits per heavy atom. The first-order valence-corrected chi connectivity index (χ1v) is 5.52. The maximum Gasteiger partial charge on any atom is 0.392 e. The molecule has 98 valence electrons. The van der Waals surface area contributed by atoms with Crippen molar-refractivity contribution in [2.24, 2.45) is 5.92 Å². The van der Waals surface area contributed by atoms with Gasteiger partial charge in [0.25, 0.3) is 0 Å². The van der Waals surface area contributed by atoms with Crippen LogP contribution in [-0.2, 0) is 6.42 Å². The normalized spacial score (nSPS) is 14.0. The van der Waals surface area contributed by atoms with Crippen LogP contribution in [0.3, 0.4) is 0 Å². The molecule has 0 saturated carbocycles. The highest BCUT2D eigenvalue weighted by molar-refractivity contribution is 5.72. The number of alkyl halides is 3. The highest BCUT2D eigenvalue weighted by atomic mass is 19.4. The first-order chi connectivity index (χ1) is 8.50. The van der Waals surface area contributed by atoms with Gasteiger partial charge in [0.1, 0.15) is 5.52 Å². The molecule has 1 aromatic carbocycles. The molecular weight excluding hydrogens is 247 g/mol. The van der Waals surface area contributed by atoms with Crippen molar-refractivity contribution in [3.8, 4) is 0 Å². The lowest BCUT2D eigenvalue weighted by atomic mass is 10.0. The fourth-order valence-corrected chi connectivity index (χ4v) is 1.76. The van der Waals surface area contributed by atoms with Gasteiger partial charge in [0, 0.05) is 13.0 Å². The highest BCUT2D eigenvalue weighted by Crippen LogP contribution is 2.32. The number of aromatic nitrogens is 1. The minimum Gasteiger partial charge on any atom is -0.441 e. The average Bonchev–Trinajstić information content (AvgIpc) is 2.69. The van der Waals surface area contributed by atoms with Gasteiger partial charge in [-0.05, 0) is 18.6 Å². The van der Waals surface area contributed by atoms with E-state index >= 15 is 0 Å². The van der Waals surface area contributed by atoms with E-state index in [0.29, 0.717) is 11.1 Å². The fourth-order valence-electron chi connectivity index (χ4n) is 1.76. The van der Waals surface area contributed by atoms with Crippen LogP contribution in [0.25, 0.3) is 11.1 Å². The van der Waals surface area contributed by atoms with Crippen molar-refractivity contribution >= 4 is 11.1 Å². The number of rotatable bonds is 4. The Balaban J connectivity index is 2.20. The fraction of sp³-hybridized carbons (Fsp3) is 0.417. The number of fused-ring (bicyclic) bond motifs is 1. The van der Waals surface area contributed by atoms with E-state index in [4.69, 9.17) is 9.52 Å². The molecule has 1 heterocycles.